The van der Waals surface area contributed by atoms with Gasteiger partial charge in [-0.15, -0.1) is 0 Å². The summed E-state index contributed by atoms with van der Waals surface area (Å²) >= 11 is 9.67. The summed E-state index contributed by atoms with van der Waals surface area (Å²) in [5.41, 5.74) is 9.18. The average Bonchev–Trinajstić information content (AvgIpc) is 2.86. The number of rotatable bonds is 2. The first-order chi connectivity index (χ1) is 9.56. The Morgan fingerprint density at radius 3 is 2.75 bits per heavy atom. The lowest BCUT2D eigenvalue weighted by atomic mass is 10.0. The molecule has 102 valence electrons. The summed E-state index contributed by atoms with van der Waals surface area (Å²) in [6.07, 6.45) is 0. The number of aryl methyl sites for hydroxylation is 1. The fourth-order valence-electron chi connectivity index (χ4n) is 2.26. The van der Waals surface area contributed by atoms with E-state index in [-0.39, 0.29) is 6.04 Å². The highest BCUT2D eigenvalue weighted by Crippen LogP contribution is 2.33. The van der Waals surface area contributed by atoms with Gasteiger partial charge in [-0.3, -0.25) is 0 Å². The molecule has 0 saturated carbocycles. The summed E-state index contributed by atoms with van der Waals surface area (Å²) in [5, 5.41) is 1.57. The molecule has 0 spiro atoms. The fourth-order valence-corrected chi connectivity index (χ4v) is 2.97. The first kappa shape index (κ1) is 13.7. The van der Waals surface area contributed by atoms with E-state index >= 15 is 0 Å². The van der Waals surface area contributed by atoms with Gasteiger partial charge in [0.25, 0.3) is 0 Å². The number of nitrogens with two attached hydrogens (primary N) is 1. The van der Waals surface area contributed by atoms with Crippen LogP contribution >= 0.6 is 27.5 Å². The van der Waals surface area contributed by atoms with Crippen LogP contribution in [0.3, 0.4) is 0 Å². The first-order valence-corrected chi connectivity index (χ1v) is 7.43. The van der Waals surface area contributed by atoms with Crippen molar-refractivity contribution in [1.29, 1.82) is 0 Å². The minimum absolute atomic E-state index is 0.326. The molecule has 2 nitrogen and oxygen atoms in total. The molecule has 0 fully saturated rings. The largest absolute Gasteiger partial charge is 0.457 e. The van der Waals surface area contributed by atoms with E-state index < -0.39 is 0 Å². The summed E-state index contributed by atoms with van der Waals surface area (Å²) < 4.78 is 6.81. The highest BCUT2D eigenvalue weighted by molar-refractivity contribution is 9.10. The highest BCUT2D eigenvalue weighted by atomic mass is 79.9. The van der Waals surface area contributed by atoms with Crippen molar-refractivity contribution in [1.82, 2.24) is 0 Å². The van der Waals surface area contributed by atoms with E-state index in [4.69, 9.17) is 21.8 Å². The molecule has 0 aliphatic heterocycles. The van der Waals surface area contributed by atoms with Crippen molar-refractivity contribution < 1.29 is 4.42 Å². The second-order valence-corrected chi connectivity index (χ2v) is 6.07. The standard InChI is InChI=1S/C16H13BrClNO/c1-9-5-6-12(17)11(7-9)15(19)14-8-10-3-2-4-13(18)16(10)20-14/h2-8,15H,19H2,1H3. The molecular weight excluding hydrogens is 338 g/mol. The molecule has 4 heteroatoms. The van der Waals surface area contributed by atoms with Gasteiger partial charge < -0.3 is 10.2 Å². The number of benzene rings is 2. The monoisotopic (exact) mass is 349 g/mol. The van der Waals surface area contributed by atoms with E-state index in [1.54, 1.807) is 0 Å². The molecule has 2 aromatic carbocycles. The Balaban J connectivity index is 2.10. The van der Waals surface area contributed by atoms with Crippen molar-refractivity contribution in [3.8, 4) is 0 Å². The molecule has 2 N–H and O–H groups in total. The van der Waals surface area contributed by atoms with Crippen molar-refractivity contribution >= 4 is 38.5 Å². The predicted octanol–water partition coefficient (Wildman–Crippen LogP) is 5.21. The van der Waals surface area contributed by atoms with Crippen molar-refractivity contribution in [2.75, 3.05) is 0 Å². The Morgan fingerprint density at radius 2 is 2.00 bits per heavy atom. The van der Waals surface area contributed by atoms with E-state index in [1.807, 2.05) is 43.3 Å². The third-order valence-corrected chi connectivity index (χ3v) is 4.33. The Kier molecular flexibility index (Phi) is 3.59. The maximum atomic E-state index is 6.33. The summed E-state index contributed by atoms with van der Waals surface area (Å²) in [6, 6.07) is 13.4. The van der Waals surface area contributed by atoms with Crippen LogP contribution < -0.4 is 5.73 Å². The number of halogens is 2. The van der Waals surface area contributed by atoms with Gasteiger partial charge in [-0.1, -0.05) is 57.4 Å². The lowest BCUT2D eigenvalue weighted by molar-refractivity contribution is 0.524. The maximum absolute atomic E-state index is 6.33. The van der Waals surface area contributed by atoms with E-state index in [0.717, 1.165) is 21.0 Å². The van der Waals surface area contributed by atoms with Crippen molar-refractivity contribution in [2.24, 2.45) is 5.73 Å². The molecule has 0 aliphatic rings. The molecule has 3 rings (SSSR count). The molecule has 0 radical (unpaired) electrons. The second-order valence-electron chi connectivity index (χ2n) is 4.81. The molecule has 0 bridgehead atoms. The number of hydrogen-bond donors (Lipinski definition) is 1. The Bertz CT molecular complexity index is 781. The lowest BCUT2D eigenvalue weighted by Gasteiger charge is -2.12. The zero-order valence-electron chi connectivity index (χ0n) is 10.9. The minimum Gasteiger partial charge on any atom is -0.457 e. The van der Waals surface area contributed by atoms with Crippen LogP contribution in [0.15, 0.2) is 51.4 Å². The molecule has 3 aromatic rings. The number of furan rings is 1. The Morgan fingerprint density at radius 1 is 1.20 bits per heavy atom. The Labute approximate surface area is 130 Å². The normalized spacial score (nSPS) is 12.8. The predicted molar refractivity (Wildman–Crippen MR) is 86.1 cm³/mol. The SMILES string of the molecule is Cc1ccc(Br)c(C(N)c2cc3cccc(Cl)c3o2)c1. The van der Waals surface area contributed by atoms with Crippen molar-refractivity contribution in [3.63, 3.8) is 0 Å². The topological polar surface area (TPSA) is 39.2 Å². The average molecular weight is 351 g/mol. The van der Waals surface area contributed by atoms with Gasteiger partial charge in [0.05, 0.1) is 11.1 Å². The third kappa shape index (κ3) is 2.37. The zero-order chi connectivity index (χ0) is 14.3. The smallest absolute Gasteiger partial charge is 0.152 e. The van der Waals surface area contributed by atoms with Crippen LogP contribution in [0.25, 0.3) is 11.0 Å². The van der Waals surface area contributed by atoms with Crippen molar-refractivity contribution in [3.05, 3.63) is 68.8 Å². The molecule has 1 aromatic heterocycles. The highest BCUT2D eigenvalue weighted by Gasteiger charge is 2.17. The Hall–Kier alpha value is -1.29. The summed E-state index contributed by atoms with van der Waals surface area (Å²) in [4.78, 5) is 0. The lowest BCUT2D eigenvalue weighted by Crippen LogP contribution is -2.11. The summed E-state index contributed by atoms with van der Waals surface area (Å²) in [5.74, 6) is 0.708. The number of para-hydroxylation sites is 1. The molecule has 0 amide bonds. The summed E-state index contributed by atoms with van der Waals surface area (Å²) in [7, 11) is 0. The van der Waals surface area contributed by atoms with Gasteiger partial charge in [0, 0.05) is 9.86 Å². The van der Waals surface area contributed by atoms with Crippen LogP contribution in [0.4, 0.5) is 0 Å². The summed E-state index contributed by atoms with van der Waals surface area (Å²) in [6.45, 7) is 2.04. The van der Waals surface area contributed by atoms with Gasteiger partial charge in [-0.2, -0.15) is 0 Å². The van der Waals surface area contributed by atoms with Gasteiger partial charge in [0.15, 0.2) is 5.58 Å². The molecular formula is C16H13BrClNO. The third-order valence-electron chi connectivity index (χ3n) is 3.31. The van der Waals surface area contributed by atoms with Crippen LogP contribution in [0.1, 0.15) is 22.9 Å². The van der Waals surface area contributed by atoms with Crippen LogP contribution in [0.2, 0.25) is 5.02 Å². The molecule has 20 heavy (non-hydrogen) atoms. The molecule has 0 saturated heterocycles. The molecule has 0 aliphatic carbocycles. The molecule has 1 unspecified atom stereocenters. The second kappa shape index (κ2) is 5.24. The van der Waals surface area contributed by atoms with Crippen LogP contribution in [-0.2, 0) is 0 Å². The number of hydrogen-bond acceptors (Lipinski definition) is 2. The van der Waals surface area contributed by atoms with Gasteiger partial charge in [0.2, 0.25) is 0 Å². The van der Waals surface area contributed by atoms with Gasteiger partial charge in [0.1, 0.15) is 5.76 Å². The first-order valence-electron chi connectivity index (χ1n) is 6.26. The van der Waals surface area contributed by atoms with E-state index in [2.05, 4.69) is 22.0 Å². The van der Waals surface area contributed by atoms with E-state index in [1.165, 1.54) is 0 Å². The maximum Gasteiger partial charge on any atom is 0.152 e. The number of fused-ring (bicyclic) bond motifs is 1. The molecule has 1 atom stereocenters. The van der Waals surface area contributed by atoms with Gasteiger partial charge in [-0.05, 0) is 30.7 Å². The zero-order valence-corrected chi connectivity index (χ0v) is 13.2. The van der Waals surface area contributed by atoms with Crippen molar-refractivity contribution in [2.45, 2.75) is 13.0 Å². The van der Waals surface area contributed by atoms with Gasteiger partial charge >= 0.3 is 0 Å². The van der Waals surface area contributed by atoms with Crippen LogP contribution in [0, 0.1) is 6.92 Å². The quantitative estimate of drug-likeness (QED) is 0.689. The van der Waals surface area contributed by atoms with E-state index in [0.29, 0.717) is 16.4 Å². The van der Waals surface area contributed by atoms with Crippen LogP contribution in [0.5, 0.6) is 0 Å². The van der Waals surface area contributed by atoms with Gasteiger partial charge in [-0.25, -0.2) is 0 Å². The minimum atomic E-state index is -0.326. The molecule has 1 heterocycles. The van der Waals surface area contributed by atoms with E-state index in [9.17, 15) is 0 Å². The fraction of sp³-hybridized carbons (Fsp3) is 0.125. The van der Waals surface area contributed by atoms with Crippen LogP contribution in [-0.4, -0.2) is 0 Å².